The van der Waals surface area contributed by atoms with Crippen LogP contribution in [0.15, 0.2) is 16.6 Å². The molecule has 104 valence electrons. The third kappa shape index (κ3) is 3.23. The molecule has 0 saturated carbocycles. The van der Waals surface area contributed by atoms with E-state index in [-0.39, 0.29) is 17.5 Å². The first-order valence-electron chi connectivity index (χ1n) is 5.89. The van der Waals surface area contributed by atoms with Crippen LogP contribution in [0.2, 0.25) is 0 Å². The molecule has 1 N–H and O–H groups in total. The zero-order valence-corrected chi connectivity index (χ0v) is 11.9. The number of ether oxygens (including phenoxy) is 2. The third-order valence-electron chi connectivity index (χ3n) is 2.88. The fraction of sp³-hybridized carbons (Fsp3) is 0.500. The van der Waals surface area contributed by atoms with Crippen molar-refractivity contribution in [2.45, 2.75) is 25.6 Å². The highest BCUT2D eigenvalue weighted by atomic mass is 79.9. The lowest BCUT2D eigenvalue weighted by atomic mass is 10.1. The van der Waals surface area contributed by atoms with E-state index in [1.54, 1.807) is 13.0 Å². The van der Waals surface area contributed by atoms with Gasteiger partial charge in [-0.1, -0.05) is 15.9 Å². The monoisotopic (exact) mass is 331 g/mol. The Morgan fingerprint density at radius 2 is 2.37 bits per heavy atom. The summed E-state index contributed by atoms with van der Waals surface area (Å²) in [6.45, 7) is 2.54. The number of hydrogen-bond donors (Lipinski definition) is 1. The van der Waals surface area contributed by atoms with Crippen LogP contribution in [-0.2, 0) is 4.74 Å². The van der Waals surface area contributed by atoms with Crippen molar-refractivity contribution < 1.29 is 19.5 Å². The molecule has 7 heteroatoms. The van der Waals surface area contributed by atoms with E-state index in [2.05, 4.69) is 15.9 Å². The van der Waals surface area contributed by atoms with Gasteiger partial charge in [0, 0.05) is 22.5 Å². The average Bonchev–Trinajstić information content (AvgIpc) is 2.83. The van der Waals surface area contributed by atoms with Gasteiger partial charge in [-0.2, -0.15) is 0 Å². The first-order chi connectivity index (χ1) is 8.99. The Balaban J connectivity index is 2.43. The average molecular weight is 332 g/mol. The number of nitro groups is 1. The number of nitrogens with zero attached hydrogens (tertiary/aromatic N) is 1. The van der Waals surface area contributed by atoms with Gasteiger partial charge in [0.25, 0.3) is 0 Å². The van der Waals surface area contributed by atoms with Crippen LogP contribution < -0.4 is 4.74 Å². The second-order valence-electron chi connectivity index (χ2n) is 4.38. The van der Waals surface area contributed by atoms with E-state index in [9.17, 15) is 15.2 Å². The Morgan fingerprint density at radius 3 is 2.89 bits per heavy atom. The van der Waals surface area contributed by atoms with E-state index in [1.165, 1.54) is 6.07 Å². The number of rotatable bonds is 4. The van der Waals surface area contributed by atoms with Crippen LogP contribution in [0.25, 0.3) is 0 Å². The number of hydrogen-bond acceptors (Lipinski definition) is 5. The minimum Gasteiger partial charge on any atom is -0.481 e. The summed E-state index contributed by atoms with van der Waals surface area (Å²) in [6.07, 6.45) is -0.377. The number of benzene rings is 1. The van der Waals surface area contributed by atoms with Crippen LogP contribution in [0.1, 0.15) is 25.0 Å². The van der Waals surface area contributed by atoms with E-state index in [4.69, 9.17) is 9.47 Å². The van der Waals surface area contributed by atoms with Gasteiger partial charge in [0.1, 0.15) is 6.10 Å². The van der Waals surface area contributed by atoms with Crippen molar-refractivity contribution in [3.8, 4) is 5.75 Å². The molecular formula is C12H14BrNO5. The minimum absolute atomic E-state index is 0.124. The van der Waals surface area contributed by atoms with Crippen LogP contribution in [0.3, 0.4) is 0 Å². The maximum absolute atomic E-state index is 11.1. The molecule has 1 aromatic carbocycles. The predicted molar refractivity (Wildman–Crippen MR) is 71.3 cm³/mol. The van der Waals surface area contributed by atoms with E-state index >= 15 is 0 Å². The number of halogens is 1. The van der Waals surface area contributed by atoms with Crippen molar-refractivity contribution in [1.29, 1.82) is 0 Å². The van der Waals surface area contributed by atoms with E-state index < -0.39 is 11.0 Å². The van der Waals surface area contributed by atoms with Crippen molar-refractivity contribution >= 4 is 21.6 Å². The van der Waals surface area contributed by atoms with Gasteiger partial charge in [-0.15, -0.1) is 0 Å². The maximum atomic E-state index is 11.1. The van der Waals surface area contributed by atoms with Crippen molar-refractivity contribution in [2.75, 3.05) is 13.2 Å². The minimum atomic E-state index is -0.853. The molecule has 0 aromatic heterocycles. The Hall–Kier alpha value is -1.18. The molecule has 1 aliphatic rings. The number of aliphatic hydroxyl groups excluding tert-OH is 1. The molecule has 0 amide bonds. The van der Waals surface area contributed by atoms with Crippen LogP contribution in [0.4, 0.5) is 5.69 Å². The topological polar surface area (TPSA) is 81.8 Å². The second kappa shape index (κ2) is 5.85. The second-order valence-corrected chi connectivity index (χ2v) is 5.30. The molecule has 2 rings (SSSR count). The van der Waals surface area contributed by atoms with Crippen LogP contribution in [0, 0.1) is 10.1 Å². The molecule has 0 spiro atoms. The molecule has 1 aliphatic heterocycles. The summed E-state index contributed by atoms with van der Waals surface area (Å²) in [6, 6.07) is 3.00. The molecule has 0 radical (unpaired) electrons. The SMILES string of the molecule is C[C@H](O)c1cc(Br)cc([N+](=O)[O-])c1OC1CCOC1. The fourth-order valence-corrected chi connectivity index (χ4v) is 2.41. The number of aliphatic hydroxyl groups is 1. The standard InChI is InChI=1S/C12H14BrNO5/c1-7(15)10-4-8(13)5-11(14(16)17)12(10)19-9-2-3-18-6-9/h4-5,7,9,15H,2-3,6H2,1H3/t7-,9?/m0/s1. The van der Waals surface area contributed by atoms with Gasteiger partial charge in [0.2, 0.25) is 5.75 Å². The molecule has 19 heavy (non-hydrogen) atoms. The molecular weight excluding hydrogens is 318 g/mol. The summed E-state index contributed by atoms with van der Waals surface area (Å²) < 4.78 is 11.4. The quantitative estimate of drug-likeness (QED) is 0.677. The Bertz CT molecular complexity index is 485. The highest BCUT2D eigenvalue weighted by Crippen LogP contribution is 2.39. The van der Waals surface area contributed by atoms with Gasteiger partial charge in [-0.25, -0.2) is 0 Å². The molecule has 2 atom stereocenters. The summed E-state index contributed by atoms with van der Waals surface area (Å²) in [4.78, 5) is 10.6. The van der Waals surface area contributed by atoms with Crippen LogP contribution in [-0.4, -0.2) is 29.3 Å². The maximum Gasteiger partial charge on any atom is 0.312 e. The first-order valence-corrected chi connectivity index (χ1v) is 6.68. The van der Waals surface area contributed by atoms with Crippen molar-refractivity contribution in [3.05, 3.63) is 32.3 Å². The summed E-state index contributed by atoms with van der Waals surface area (Å²) in [5.74, 6) is 0.124. The summed E-state index contributed by atoms with van der Waals surface area (Å²) in [7, 11) is 0. The summed E-state index contributed by atoms with van der Waals surface area (Å²) >= 11 is 3.20. The van der Waals surface area contributed by atoms with E-state index in [0.29, 0.717) is 29.7 Å². The van der Waals surface area contributed by atoms with Gasteiger partial charge in [-0.05, 0) is 13.0 Å². The number of nitro benzene ring substituents is 1. The van der Waals surface area contributed by atoms with E-state index in [0.717, 1.165) is 0 Å². The Kier molecular flexibility index (Phi) is 4.38. The normalized spacial score (nSPS) is 20.3. The lowest BCUT2D eigenvalue weighted by Crippen LogP contribution is -2.18. The predicted octanol–water partition coefficient (Wildman–Crippen LogP) is 2.58. The largest absolute Gasteiger partial charge is 0.481 e. The highest BCUT2D eigenvalue weighted by molar-refractivity contribution is 9.10. The lowest BCUT2D eigenvalue weighted by molar-refractivity contribution is -0.386. The van der Waals surface area contributed by atoms with Gasteiger partial charge in [-0.3, -0.25) is 10.1 Å². The smallest absolute Gasteiger partial charge is 0.312 e. The van der Waals surface area contributed by atoms with Gasteiger partial charge in [0.05, 0.1) is 24.2 Å². The van der Waals surface area contributed by atoms with Crippen LogP contribution in [0.5, 0.6) is 5.75 Å². The molecule has 6 nitrogen and oxygen atoms in total. The van der Waals surface area contributed by atoms with Gasteiger partial charge >= 0.3 is 5.69 Å². The summed E-state index contributed by atoms with van der Waals surface area (Å²) in [5.41, 5.74) is 0.241. The lowest BCUT2D eigenvalue weighted by Gasteiger charge is -2.17. The molecule has 0 bridgehead atoms. The fourth-order valence-electron chi connectivity index (χ4n) is 1.95. The van der Waals surface area contributed by atoms with Gasteiger partial charge < -0.3 is 14.6 Å². The van der Waals surface area contributed by atoms with Gasteiger partial charge in [0.15, 0.2) is 0 Å². The van der Waals surface area contributed by atoms with Crippen molar-refractivity contribution in [3.63, 3.8) is 0 Å². The van der Waals surface area contributed by atoms with Crippen molar-refractivity contribution in [2.24, 2.45) is 0 Å². The third-order valence-corrected chi connectivity index (χ3v) is 3.34. The summed E-state index contributed by atoms with van der Waals surface area (Å²) in [5, 5.41) is 20.9. The Morgan fingerprint density at radius 1 is 1.63 bits per heavy atom. The molecule has 0 aliphatic carbocycles. The molecule has 1 fully saturated rings. The molecule has 1 unspecified atom stereocenters. The van der Waals surface area contributed by atoms with E-state index in [1.807, 2.05) is 0 Å². The van der Waals surface area contributed by atoms with Crippen LogP contribution >= 0.6 is 15.9 Å². The Labute approximate surface area is 118 Å². The first kappa shape index (κ1) is 14.2. The van der Waals surface area contributed by atoms with Crippen molar-refractivity contribution in [1.82, 2.24) is 0 Å². The highest BCUT2D eigenvalue weighted by Gasteiger charge is 2.27. The molecule has 1 aromatic rings. The zero-order chi connectivity index (χ0) is 14.0. The molecule has 1 saturated heterocycles. The molecule has 1 heterocycles. The zero-order valence-electron chi connectivity index (χ0n) is 10.3.